The van der Waals surface area contributed by atoms with Crippen molar-refractivity contribution in [3.8, 4) is 11.5 Å². The number of ether oxygens (including phenoxy) is 2. The molecule has 2 N–H and O–H groups in total. The molecule has 94 valence electrons. The van der Waals surface area contributed by atoms with E-state index in [9.17, 15) is 0 Å². The van der Waals surface area contributed by atoms with Gasteiger partial charge in [0.05, 0.1) is 13.7 Å². The molecule has 0 radical (unpaired) electrons. The monoisotopic (exact) mass is 235 g/mol. The molecule has 0 amide bonds. The van der Waals surface area contributed by atoms with E-state index in [2.05, 4.69) is 6.58 Å². The lowest BCUT2D eigenvalue weighted by Gasteiger charge is -2.13. The minimum atomic E-state index is -0.00614. The molecular weight excluding hydrogens is 214 g/mol. The fourth-order valence-corrected chi connectivity index (χ4v) is 1.42. The summed E-state index contributed by atoms with van der Waals surface area (Å²) in [6.45, 7) is 8.38. The molecule has 1 rings (SSSR count). The van der Waals surface area contributed by atoms with Crippen molar-refractivity contribution in [2.75, 3.05) is 13.7 Å². The lowest BCUT2D eigenvalue weighted by atomic mass is 10.1. The van der Waals surface area contributed by atoms with E-state index < -0.39 is 0 Å². The molecule has 0 unspecified atom stereocenters. The first-order valence-electron chi connectivity index (χ1n) is 5.75. The summed E-state index contributed by atoms with van der Waals surface area (Å²) in [5.41, 5.74) is 7.96. The first-order valence-corrected chi connectivity index (χ1v) is 5.75. The highest BCUT2D eigenvalue weighted by atomic mass is 16.5. The van der Waals surface area contributed by atoms with Crippen molar-refractivity contribution in [2.24, 2.45) is 5.73 Å². The van der Waals surface area contributed by atoms with Crippen molar-refractivity contribution in [3.63, 3.8) is 0 Å². The maximum Gasteiger partial charge on any atom is 0.161 e. The number of nitrogens with two attached hydrogens (primary N) is 1. The van der Waals surface area contributed by atoms with Crippen LogP contribution in [0.5, 0.6) is 11.5 Å². The Bertz CT molecular complexity index is 386. The molecule has 0 saturated heterocycles. The summed E-state index contributed by atoms with van der Waals surface area (Å²) in [7, 11) is 1.63. The van der Waals surface area contributed by atoms with Gasteiger partial charge in [-0.25, -0.2) is 0 Å². The number of methoxy groups -OCH3 is 1. The zero-order valence-electron chi connectivity index (χ0n) is 10.8. The van der Waals surface area contributed by atoms with Crippen LogP contribution >= 0.6 is 0 Å². The van der Waals surface area contributed by atoms with Gasteiger partial charge in [-0.15, -0.1) is 6.58 Å². The summed E-state index contributed by atoms with van der Waals surface area (Å²) in [6.07, 6.45) is 0.845. The zero-order valence-corrected chi connectivity index (χ0v) is 10.8. The van der Waals surface area contributed by atoms with Crippen LogP contribution in [0, 0.1) is 0 Å². The first-order chi connectivity index (χ1) is 8.04. The van der Waals surface area contributed by atoms with Gasteiger partial charge in [0.15, 0.2) is 11.5 Å². The van der Waals surface area contributed by atoms with E-state index in [0.29, 0.717) is 6.61 Å². The Kier molecular flexibility index (Phi) is 5.04. The number of hydrogen-bond donors (Lipinski definition) is 1. The Balaban J connectivity index is 2.74. The van der Waals surface area contributed by atoms with Crippen molar-refractivity contribution in [1.29, 1.82) is 0 Å². The summed E-state index contributed by atoms with van der Waals surface area (Å²) in [6, 6.07) is 5.77. The normalized spacial score (nSPS) is 12.0. The topological polar surface area (TPSA) is 44.5 Å². The molecule has 3 heteroatoms. The standard InChI is InChI=1S/C14H21NO2/c1-10(2)7-8-17-13-6-5-12(11(3)15)9-14(13)16-4/h5-6,9,11H,1,7-8,15H2,2-4H3/t11-/m1/s1. The lowest BCUT2D eigenvalue weighted by molar-refractivity contribution is 0.297. The van der Waals surface area contributed by atoms with E-state index in [4.69, 9.17) is 15.2 Å². The second-order valence-electron chi connectivity index (χ2n) is 4.25. The summed E-state index contributed by atoms with van der Waals surface area (Å²) < 4.78 is 10.9. The van der Waals surface area contributed by atoms with Crippen molar-refractivity contribution in [3.05, 3.63) is 35.9 Å². The van der Waals surface area contributed by atoms with Gasteiger partial charge in [0.2, 0.25) is 0 Å². The second-order valence-corrected chi connectivity index (χ2v) is 4.25. The largest absolute Gasteiger partial charge is 0.493 e. The van der Waals surface area contributed by atoms with E-state index in [0.717, 1.165) is 29.1 Å². The summed E-state index contributed by atoms with van der Waals surface area (Å²) in [4.78, 5) is 0. The molecule has 1 aromatic carbocycles. The van der Waals surface area contributed by atoms with E-state index in [1.165, 1.54) is 0 Å². The highest BCUT2D eigenvalue weighted by Gasteiger charge is 2.07. The minimum absolute atomic E-state index is 0.00614. The highest BCUT2D eigenvalue weighted by Crippen LogP contribution is 2.29. The minimum Gasteiger partial charge on any atom is -0.493 e. The van der Waals surface area contributed by atoms with Gasteiger partial charge in [0, 0.05) is 12.5 Å². The predicted molar refractivity (Wildman–Crippen MR) is 70.5 cm³/mol. The Hall–Kier alpha value is -1.48. The van der Waals surface area contributed by atoms with Gasteiger partial charge >= 0.3 is 0 Å². The maximum atomic E-state index is 5.82. The molecule has 0 bridgehead atoms. The quantitative estimate of drug-likeness (QED) is 0.771. The van der Waals surface area contributed by atoms with E-state index in [1.54, 1.807) is 7.11 Å². The van der Waals surface area contributed by atoms with Gasteiger partial charge in [-0.1, -0.05) is 11.6 Å². The summed E-state index contributed by atoms with van der Waals surface area (Å²) in [5, 5.41) is 0. The summed E-state index contributed by atoms with van der Waals surface area (Å²) in [5.74, 6) is 1.47. The molecule has 1 aromatic rings. The van der Waals surface area contributed by atoms with Crippen LogP contribution in [0.15, 0.2) is 30.4 Å². The molecule has 0 fully saturated rings. The first kappa shape index (κ1) is 13.6. The fraction of sp³-hybridized carbons (Fsp3) is 0.429. The Morgan fingerprint density at radius 3 is 2.65 bits per heavy atom. The SMILES string of the molecule is C=C(C)CCOc1ccc([C@@H](C)N)cc1OC. The number of benzene rings is 1. The smallest absolute Gasteiger partial charge is 0.161 e. The van der Waals surface area contributed by atoms with Crippen molar-refractivity contribution >= 4 is 0 Å². The van der Waals surface area contributed by atoms with Gasteiger partial charge < -0.3 is 15.2 Å². The van der Waals surface area contributed by atoms with Crippen LogP contribution in [-0.2, 0) is 0 Å². The van der Waals surface area contributed by atoms with Crippen LogP contribution < -0.4 is 15.2 Å². The van der Waals surface area contributed by atoms with Crippen LogP contribution in [0.1, 0.15) is 31.9 Å². The van der Waals surface area contributed by atoms with Gasteiger partial charge in [-0.2, -0.15) is 0 Å². The number of hydrogen-bond acceptors (Lipinski definition) is 3. The zero-order chi connectivity index (χ0) is 12.8. The maximum absolute atomic E-state index is 5.82. The molecule has 17 heavy (non-hydrogen) atoms. The van der Waals surface area contributed by atoms with Crippen molar-refractivity contribution < 1.29 is 9.47 Å². The van der Waals surface area contributed by atoms with E-state index in [1.807, 2.05) is 32.0 Å². The van der Waals surface area contributed by atoms with Crippen LogP contribution in [0.3, 0.4) is 0 Å². The molecule has 0 heterocycles. The highest BCUT2D eigenvalue weighted by molar-refractivity contribution is 5.43. The van der Waals surface area contributed by atoms with Crippen molar-refractivity contribution in [2.45, 2.75) is 26.3 Å². The predicted octanol–water partition coefficient (Wildman–Crippen LogP) is 3.06. The molecule has 0 saturated carbocycles. The molecule has 0 aliphatic rings. The average molecular weight is 235 g/mol. The molecule has 1 atom stereocenters. The lowest BCUT2D eigenvalue weighted by Crippen LogP contribution is -2.06. The molecule has 0 spiro atoms. The molecule has 0 aromatic heterocycles. The number of rotatable bonds is 6. The van der Waals surface area contributed by atoms with Crippen LogP contribution in [0.25, 0.3) is 0 Å². The van der Waals surface area contributed by atoms with E-state index in [-0.39, 0.29) is 6.04 Å². The Labute approximate surface area is 103 Å². The van der Waals surface area contributed by atoms with Crippen LogP contribution in [-0.4, -0.2) is 13.7 Å². The van der Waals surface area contributed by atoms with Gasteiger partial charge in [-0.3, -0.25) is 0 Å². The van der Waals surface area contributed by atoms with E-state index >= 15 is 0 Å². The second kappa shape index (κ2) is 6.30. The Morgan fingerprint density at radius 1 is 1.41 bits per heavy atom. The third-order valence-corrected chi connectivity index (χ3v) is 2.50. The van der Waals surface area contributed by atoms with Gasteiger partial charge in [-0.05, 0) is 31.5 Å². The van der Waals surface area contributed by atoms with Crippen molar-refractivity contribution in [1.82, 2.24) is 0 Å². The fourth-order valence-electron chi connectivity index (χ4n) is 1.42. The molecule has 0 aliphatic heterocycles. The van der Waals surface area contributed by atoms with Gasteiger partial charge in [0.25, 0.3) is 0 Å². The third-order valence-electron chi connectivity index (χ3n) is 2.50. The third kappa shape index (κ3) is 4.11. The summed E-state index contributed by atoms with van der Waals surface area (Å²) >= 11 is 0. The molecular formula is C14H21NO2. The Morgan fingerprint density at radius 2 is 2.12 bits per heavy atom. The molecule has 3 nitrogen and oxygen atoms in total. The molecule has 0 aliphatic carbocycles. The van der Waals surface area contributed by atoms with Gasteiger partial charge in [0.1, 0.15) is 0 Å². The average Bonchev–Trinajstić information content (AvgIpc) is 2.28. The van der Waals surface area contributed by atoms with Crippen LogP contribution in [0.4, 0.5) is 0 Å². The van der Waals surface area contributed by atoms with Crippen LogP contribution in [0.2, 0.25) is 0 Å².